The van der Waals surface area contributed by atoms with Crippen LogP contribution >= 0.6 is 22.9 Å². The maximum Gasteiger partial charge on any atom is 0.238 e. The van der Waals surface area contributed by atoms with Crippen LogP contribution in [0.4, 0.5) is 5.13 Å². The molecule has 0 aliphatic heterocycles. The van der Waals surface area contributed by atoms with Crippen LogP contribution in [0, 0.1) is 5.92 Å². The lowest BCUT2D eigenvalue weighted by atomic mass is 9.88. The minimum Gasteiger partial charge on any atom is -0.301 e. The molecule has 1 aromatic heterocycles. The molecule has 1 heterocycles. The first-order chi connectivity index (χ1) is 12.6. The molecular weight excluding hydrogens is 406 g/mol. The molecule has 27 heavy (non-hydrogen) atoms. The van der Waals surface area contributed by atoms with Crippen molar-refractivity contribution < 1.29 is 13.2 Å². The number of thiazole rings is 1. The van der Waals surface area contributed by atoms with Gasteiger partial charge in [0.1, 0.15) is 0 Å². The van der Waals surface area contributed by atoms with E-state index < -0.39 is 10.0 Å². The maximum atomic E-state index is 12.8. The summed E-state index contributed by atoms with van der Waals surface area (Å²) in [5, 5.41) is 9.01. The third-order valence-corrected chi connectivity index (χ3v) is 6.19. The van der Waals surface area contributed by atoms with Crippen molar-refractivity contribution in [3.8, 4) is 0 Å². The summed E-state index contributed by atoms with van der Waals surface area (Å²) in [5.41, 5.74) is 1.46. The van der Waals surface area contributed by atoms with Gasteiger partial charge in [0.25, 0.3) is 0 Å². The van der Waals surface area contributed by atoms with Gasteiger partial charge in [0.2, 0.25) is 15.9 Å². The zero-order valence-corrected chi connectivity index (χ0v) is 17.0. The highest BCUT2D eigenvalue weighted by atomic mass is 35.5. The SMILES string of the molecule is CC(C)[C@@H](C(=O)Nc1nc2ccc(S(N)(=O)=O)cc2s1)c1ccc(Cl)cc1. The summed E-state index contributed by atoms with van der Waals surface area (Å²) in [6, 6.07) is 11.6. The van der Waals surface area contributed by atoms with E-state index in [-0.39, 0.29) is 22.6 Å². The molecular formula is C18H18ClN3O3S2. The summed E-state index contributed by atoms with van der Waals surface area (Å²) < 4.78 is 23.6. The zero-order valence-electron chi connectivity index (χ0n) is 14.6. The highest BCUT2D eigenvalue weighted by Gasteiger charge is 2.25. The fourth-order valence-electron chi connectivity index (χ4n) is 2.83. The van der Waals surface area contributed by atoms with Crippen LogP contribution < -0.4 is 10.5 Å². The number of rotatable bonds is 5. The number of nitrogens with zero attached hydrogens (tertiary/aromatic N) is 1. The van der Waals surface area contributed by atoms with Crippen LogP contribution in [-0.2, 0) is 14.8 Å². The smallest absolute Gasteiger partial charge is 0.238 e. The average molecular weight is 424 g/mol. The molecule has 0 saturated carbocycles. The van der Waals surface area contributed by atoms with Crippen molar-refractivity contribution in [1.82, 2.24) is 4.98 Å². The van der Waals surface area contributed by atoms with Crippen molar-refractivity contribution in [2.75, 3.05) is 5.32 Å². The van der Waals surface area contributed by atoms with Gasteiger partial charge < -0.3 is 5.32 Å². The molecule has 3 N–H and O–H groups in total. The van der Waals surface area contributed by atoms with E-state index in [1.165, 1.54) is 23.5 Å². The molecule has 3 rings (SSSR count). The number of nitrogens with one attached hydrogen (secondary N) is 1. The molecule has 0 bridgehead atoms. The number of hydrogen-bond acceptors (Lipinski definition) is 5. The van der Waals surface area contributed by atoms with Crippen molar-refractivity contribution in [2.45, 2.75) is 24.7 Å². The van der Waals surface area contributed by atoms with E-state index >= 15 is 0 Å². The van der Waals surface area contributed by atoms with Crippen molar-refractivity contribution in [2.24, 2.45) is 11.1 Å². The molecule has 6 nitrogen and oxygen atoms in total. The number of halogens is 1. The Morgan fingerprint density at radius 2 is 1.85 bits per heavy atom. The van der Waals surface area contributed by atoms with E-state index in [1.807, 2.05) is 26.0 Å². The van der Waals surface area contributed by atoms with Crippen LogP contribution in [0.1, 0.15) is 25.3 Å². The molecule has 1 amide bonds. The Morgan fingerprint density at radius 1 is 1.19 bits per heavy atom. The van der Waals surface area contributed by atoms with Gasteiger partial charge in [0, 0.05) is 5.02 Å². The molecule has 0 aliphatic rings. The third-order valence-electron chi connectivity index (χ3n) is 4.10. The van der Waals surface area contributed by atoms with Crippen molar-refractivity contribution in [1.29, 1.82) is 0 Å². The quantitative estimate of drug-likeness (QED) is 0.647. The molecule has 1 atom stereocenters. The lowest BCUT2D eigenvalue weighted by molar-refractivity contribution is -0.118. The first-order valence-corrected chi connectivity index (χ1v) is 10.9. The number of amides is 1. The molecule has 0 fully saturated rings. The van der Waals surface area contributed by atoms with E-state index in [2.05, 4.69) is 10.3 Å². The number of aromatic nitrogens is 1. The number of primary sulfonamides is 1. The standard InChI is InChI=1S/C18H18ClN3O3S2/c1-10(2)16(11-3-5-12(19)6-4-11)17(23)22-18-21-14-8-7-13(27(20,24)25)9-15(14)26-18/h3-10,16H,1-2H3,(H2,20,24,25)(H,21,22,23)/t16-/m1/s1. The predicted molar refractivity (Wildman–Crippen MR) is 109 cm³/mol. The largest absolute Gasteiger partial charge is 0.301 e. The van der Waals surface area contributed by atoms with Gasteiger partial charge in [0.05, 0.1) is 21.0 Å². The Balaban J connectivity index is 1.88. The van der Waals surface area contributed by atoms with Gasteiger partial charge >= 0.3 is 0 Å². The summed E-state index contributed by atoms with van der Waals surface area (Å²) in [6.07, 6.45) is 0. The number of nitrogens with two attached hydrogens (primary N) is 1. The lowest BCUT2D eigenvalue weighted by Gasteiger charge is -2.20. The number of fused-ring (bicyclic) bond motifs is 1. The summed E-state index contributed by atoms with van der Waals surface area (Å²) in [5.74, 6) is -0.484. The highest BCUT2D eigenvalue weighted by Crippen LogP contribution is 2.31. The van der Waals surface area contributed by atoms with Crippen LogP contribution in [0.25, 0.3) is 10.2 Å². The summed E-state index contributed by atoms with van der Waals surface area (Å²) >= 11 is 7.13. The molecule has 0 radical (unpaired) electrons. The Morgan fingerprint density at radius 3 is 2.44 bits per heavy atom. The van der Waals surface area contributed by atoms with Gasteiger partial charge in [-0.15, -0.1) is 0 Å². The minimum atomic E-state index is -3.79. The summed E-state index contributed by atoms with van der Waals surface area (Å²) in [6.45, 7) is 3.94. The van der Waals surface area contributed by atoms with Crippen LogP contribution in [0.2, 0.25) is 5.02 Å². The number of benzene rings is 2. The zero-order chi connectivity index (χ0) is 19.8. The Bertz CT molecular complexity index is 1090. The number of carbonyl (C=O) groups excluding carboxylic acids is 1. The van der Waals surface area contributed by atoms with Gasteiger partial charge in [0.15, 0.2) is 5.13 Å². The first-order valence-electron chi connectivity index (χ1n) is 8.15. The van der Waals surface area contributed by atoms with Crippen molar-refractivity contribution in [3.63, 3.8) is 0 Å². The fourth-order valence-corrected chi connectivity index (χ4v) is 4.48. The van der Waals surface area contributed by atoms with Gasteiger partial charge in [-0.2, -0.15) is 0 Å². The van der Waals surface area contributed by atoms with Crippen LogP contribution in [0.15, 0.2) is 47.4 Å². The van der Waals surface area contributed by atoms with E-state index in [4.69, 9.17) is 16.7 Å². The number of sulfonamides is 1. The van der Waals surface area contributed by atoms with Gasteiger partial charge in [-0.3, -0.25) is 4.79 Å². The predicted octanol–water partition coefficient (Wildman–Crippen LogP) is 3.98. The van der Waals surface area contributed by atoms with E-state index in [0.717, 1.165) is 5.56 Å². The van der Waals surface area contributed by atoms with Crippen LogP contribution in [0.3, 0.4) is 0 Å². The molecule has 0 spiro atoms. The third kappa shape index (κ3) is 4.47. The monoisotopic (exact) mass is 423 g/mol. The Labute approximate surface area is 166 Å². The normalized spacial score (nSPS) is 13.1. The molecule has 0 saturated heterocycles. The van der Waals surface area contributed by atoms with Crippen molar-refractivity contribution >= 4 is 54.2 Å². The van der Waals surface area contributed by atoms with E-state index in [0.29, 0.717) is 20.4 Å². The second-order valence-corrected chi connectivity index (χ2v) is 9.48. The van der Waals surface area contributed by atoms with Crippen LogP contribution in [-0.4, -0.2) is 19.3 Å². The molecule has 9 heteroatoms. The van der Waals surface area contributed by atoms with Gasteiger partial charge in [-0.1, -0.05) is 48.9 Å². The summed E-state index contributed by atoms with van der Waals surface area (Å²) in [4.78, 5) is 17.2. The minimum absolute atomic E-state index is 0.0118. The van der Waals surface area contributed by atoms with Crippen molar-refractivity contribution in [3.05, 3.63) is 53.1 Å². The second-order valence-electron chi connectivity index (χ2n) is 6.46. The van der Waals surface area contributed by atoms with E-state index in [1.54, 1.807) is 18.2 Å². The lowest BCUT2D eigenvalue weighted by Crippen LogP contribution is -2.25. The number of carbonyl (C=O) groups is 1. The van der Waals surface area contributed by atoms with Gasteiger partial charge in [-0.05, 0) is 41.8 Å². The van der Waals surface area contributed by atoms with E-state index in [9.17, 15) is 13.2 Å². The topological polar surface area (TPSA) is 102 Å². The first kappa shape index (κ1) is 19.8. The van der Waals surface area contributed by atoms with Crippen LogP contribution in [0.5, 0.6) is 0 Å². The number of anilines is 1. The van der Waals surface area contributed by atoms with Gasteiger partial charge in [-0.25, -0.2) is 18.5 Å². The Kier molecular flexibility index (Phi) is 5.53. The molecule has 2 aromatic carbocycles. The number of hydrogen-bond donors (Lipinski definition) is 2. The second kappa shape index (κ2) is 7.55. The average Bonchev–Trinajstić information content (AvgIpc) is 2.97. The highest BCUT2D eigenvalue weighted by molar-refractivity contribution is 7.89. The molecule has 3 aromatic rings. The molecule has 142 valence electrons. The fraction of sp³-hybridized carbons (Fsp3) is 0.222. The molecule has 0 unspecified atom stereocenters. The molecule has 0 aliphatic carbocycles. The summed E-state index contributed by atoms with van der Waals surface area (Å²) in [7, 11) is -3.79. The Hall–Kier alpha value is -2.00. The maximum absolute atomic E-state index is 12.8.